The summed E-state index contributed by atoms with van der Waals surface area (Å²) in [4.78, 5) is -0.255. The first-order valence-corrected chi connectivity index (χ1v) is 7.54. The molecule has 0 fully saturated rings. The molecule has 2 aromatic rings. The predicted molar refractivity (Wildman–Crippen MR) is 72.5 cm³/mol. The van der Waals surface area contributed by atoms with E-state index in [1.54, 1.807) is 16.8 Å². The van der Waals surface area contributed by atoms with Crippen LogP contribution in [0.3, 0.4) is 0 Å². The van der Waals surface area contributed by atoms with Gasteiger partial charge in [0.25, 0.3) is 10.0 Å². The van der Waals surface area contributed by atoms with Gasteiger partial charge in [0, 0.05) is 5.38 Å². The molecule has 5 nitrogen and oxygen atoms in total. The lowest BCUT2D eigenvalue weighted by Crippen LogP contribution is -2.13. The zero-order chi connectivity index (χ0) is 14.0. The zero-order valence-electron chi connectivity index (χ0n) is 9.88. The van der Waals surface area contributed by atoms with Crippen molar-refractivity contribution in [2.75, 3.05) is 17.6 Å². The second-order valence-electron chi connectivity index (χ2n) is 3.65. The fraction of sp³-hybridized carbons (Fsp3) is 0.0909. The number of nitrogens with one attached hydrogen (secondary N) is 1. The molecule has 0 aliphatic carbocycles. The largest absolute Gasteiger partial charge is 0.492 e. The Bertz CT molecular complexity index is 661. The van der Waals surface area contributed by atoms with Crippen LogP contribution in [0.25, 0.3) is 0 Å². The molecule has 0 saturated heterocycles. The molecule has 8 heteroatoms. The fourth-order valence-corrected chi connectivity index (χ4v) is 3.25. The molecule has 0 radical (unpaired) electrons. The van der Waals surface area contributed by atoms with Crippen molar-refractivity contribution in [1.29, 1.82) is 0 Å². The van der Waals surface area contributed by atoms with E-state index >= 15 is 0 Å². The van der Waals surface area contributed by atoms with E-state index < -0.39 is 15.8 Å². The van der Waals surface area contributed by atoms with Gasteiger partial charge in [-0.3, -0.25) is 4.72 Å². The molecule has 0 atom stereocenters. The predicted octanol–water partition coefficient (Wildman–Crippen LogP) is 2.28. The summed E-state index contributed by atoms with van der Waals surface area (Å²) in [6, 6.07) is 3.62. The summed E-state index contributed by atoms with van der Waals surface area (Å²) in [5.74, 6) is -0.998. The number of thiophene rings is 1. The van der Waals surface area contributed by atoms with Gasteiger partial charge >= 0.3 is 0 Å². The SMILES string of the molecule is COc1c(N)cc(S(=O)(=O)Nc2ccsc2)cc1F. The second-order valence-corrected chi connectivity index (χ2v) is 6.11. The molecule has 0 unspecified atom stereocenters. The van der Waals surface area contributed by atoms with Crippen LogP contribution in [0.4, 0.5) is 15.8 Å². The Hall–Kier alpha value is -1.80. The highest BCUT2D eigenvalue weighted by molar-refractivity contribution is 7.92. The Labute approximate surface area is 113 Å². The second kappa shape index (κ2) is 5.06. The molecule has 2 rings (SSSR count). The number of hydrogen-bond donors (Lipinski definition) is 2. The van der Waals surface area contributed by atoms with Crippen LogP contribution >= 0.6 is 11.3 Å². The third kappa shape index (κ3) is 2.79. The summed E-state index contributed by atoms with van der Waals surface area (Å²) < 4.78 is 44.8. The third-order valence-corrected chi connectivity index (χ3v) is 4.38. The van der Waals surface area contributed by atoms with E-state index in [4.69, 9.17) is 10.5 Å². The quantitative estimate of drug-likeness (QED) is 0.849. The smallest absolute Gasteiger partial charge is 0.262 e. The van der Waals surface area contributed by atoms with Crippen molar-refractivity contribution >= 4 is 32.7 Å². The standard InChI is InChI=1S/C11H11FN2O3S2/c1-17-11-9(12)4-8(5-10(11)13)19(15,16)14-7-2-3-18-6-7/h2-6,14H,13H2,1H3. The molecule has 0 aliphatic heterocycles. The number of hydrogen-bond acceptors (Lipinski definition) is 5. The van der Waals surface area contributed by atoms with Gasteiger partial charge in [-0.05, 0) is 23.6 Å². The lowest BCUT2D eigenvalue weighted by Gasteiger charge is -2.10. The monoisotopic (exact) mass is 302 g/mol. The number of anilines is 2. The number of rotatable bonds is 4. The maximum Gasteiger partial charge on any atom is 0.262 e. The van der Waals surface area contributed by atoms with Crippen LogP contribution in [-0.2, 0) is 10.0 Å². The van der Waals surface area contributed by atoms with Gasteiger partial charge in [-0.15, -0.1) is 0 Å². The number of sulfonamides is 1. The van der Waals surface area contributed by atoms with Crippen molar-refractivity contribution in [3.05, 3.63) is 34.8 Å². The molecule has 1 heterocycles. The summed E-state index contributed by atoms with van der Waals surface area (Å²) >= 11 is 1.34. The summed E-state index contributed by atoms with van der Waals surface area (Å²) in [7, 11) is -2.62. The molecule has 102 valence electrons. The van der Waals surface area contributed by atoms with E-state index in [1.165, 1.54) is 18.4 Å². The first-order valence-electron chi connectivity index (χ1n) is 5.12. The molecule has 0 spiro atoms. The first kappa shape index (κ1) is 13.6. The summed E-state index contributed by atoms with van der Waals surface area (Å²) in [6.07, 6.45) is 0. The van der Waals surface area contributed by atoms with Crippen LogP contribution in [0.1, 0.15) is 0 Å². The van der Waals surface area contributed by atoms with E-state index in [0.717, 1.165) is 12.1 Å². The molecule has 0 amide bonds. The average Bonchev–Trinajstić information content (AvgIpc) is 2.80. The molecular weight excluding hydrogens is 291 g/mol. The molecule has 0 aliphatic rings. The third-order valence-electron chi connectivity index (χ3n) is 2.33. The number of nitrogens with two attached hydrogens (primary N) is 1. The molecule has 1 aromatic heterocycles. The Morgan fingerprint density at radius 2 is 2.16 bits per heavy atom. The van der Waals surface area contributed by atoms with Crippen molar-refractivity contribution in [2.24, 2.45) is 0 Å². The molecule has 3 N–H and O–H groups in total. The zero-order valence-corrected chi connectivity index (χ0v) is 11.5. The van der Waals surface area contributed by atoms with Crippen LogP contribution in [-0.4, -0.2) is 15.5 Å². The number of methoxy groups -OCH3 is 1. The van der Waals surface area contributed by atoms with Gasteiger partial charge in [0.1, 0.15) is 0 Å². The first-order chi connectivity index (χ1) is 8.94. The molecule has 19 heavy (non-hydrogen) atoms. The van der Waals surface area contributed by atoms with Crippen molar-refractivity contribution < 1.29 is 17.5 Å². The molecule has 0 saturated carbocycles. The minimum atomic E-state index is -3.87. The van der Waals surface area contributed by atoms with E-state index in [0.29, 0.717) is 5.69 Å². The van der Waals surface area contributed by atoms with Gasteiger partial charge in [-0.2, -0.15) is 11.3 Å². The average molecular weight is 302 g/mol. The van der Waals surface area contributed by atoms with Crippen LogP contribution < -0.4 is 15.2 Å². The van der Waals surface area contributed by atoms with Crippen molar-refractivity contribution in [2.45, 2.75) is 4.90 Å². The maximum atomic E-state index is 13.6. The normalized spacial score (nSPS) is 11.3. The Kier molecular flexibility index (Phi) is 3.63. The minimum absolute atomic E-state index is 0.0757. The summed E-state index contributed by atoms with van der Waals surface area (Å²) in [5, 5.41) is 3.35. The van der Waals surface area contributed by atoms with E-state index in [-0.39, 0.29) is 16.3 Å². The van der Waals surface area contributed by atoms with Gasteiger partial charge in [-0.1, -0.05) is 0 Å². The van der Waals surface area contributed by atoms with Crippen LogP contribution in [0.15, 0.2) is 33.9 Å². The van der Waals surface area contributed by atoms with Crippen LogP contribution in [0.5, 0.6) is 5.75 Å². The Morgan fingerprint density at radius 3 is 2.68 bits per heavy atom. The highest BCUT2D eigenvalue weighted by atomic mass is 32.2. The molecule has 0 bridgehead atoms. The lowest BCUT2D eigenvalue weighted by atomic mass is 10.3. The van der Waals surface area contributed by atoms with E-state index in [2.05, 4.69) is 4.72 Å². The van der Waals surface area contributed by atoms with E-state index in [1.807, 2.05) is 0 Å². The van der Waals surface area contributed by atoms with Gasteiger partial charge in [-0.25, -0.2) is 12.8 Å². The minimum Gasteiger partial charge on any atom is -0.492 e. The van der Waals surface area contributed by atoms with E-state index in [9.17, 15) is 12.8 Å². The van der Waals surface area contributed by atoms with Crippen molar-refractivity contribution in [3.8, 4) is 5.75 Å². The van der Waals surface area contributed by atoms with Gasteiger partial charge in [0.2, 0.25) is 0 Å². The van der Waals surface area contributed by atoms with Gasteiger partial charge < -0.3 is 10.5 Å². The summed E-state index contributed by atoms with van der Waals surface area (Å²) in [5.41, 5.74) is 5.89. The van der Waals surface area contributed by atoms with Crippen LogP contribution in [0.2, 0.25) is 0 Å². The number of nitrogen functional groups attached to an aromatic ring is 1. The Morgan fingerprint density at radius 1 is 1.42 bits per heavy atom. The topological polar surface area (TPSA) is 81.4 Å². The fourth-order valence-electron chi connectivity index (χ4n) is 1.50. The highest BCUT2D eigenvalue weighted by Gasteiger charge is 2.19. The molecule has 1 aromatic carbocycles. The summed E-state index contributed by atoms with van der Waals surface area (Å²) in [6.45, 7) is 0. The highest BCUT2D eigenvalue weighted by Crippen LogP contribution is 2.29. The lowest BCUT2D eigenvalue weighted by molar-refractivity contribution is 0.388. The molecular formula is C11H11FN2O3S2. The number of halogens is 1. The van der Waals surface area contributed by atoms with Crippen molar-refractivity contribution in [3.63, 3.8) is 0 Å². The number of benzene rings is 1. The van der Waals surface area contributed by atoms with Gasteiger partial charge in [0.05, 0.1) is 23.4 Å². The van der Waals surface area contributed by atoms with Crippen LogP contribution in [0, 0.1) is 5.82 Å². The van der Waals surface area contributed by atoms with Gasteiger partial charge in [0.15, 0.2) is 11.6 Å². The Balaban J connectivity index is 2.41. The van der Waals surface area contributed by atoms with Crippen molar-refractivity contribution in [1.82, 2.24) is 0 Å². The number of ether oxygens (including phenoxy) is 1. The maximum absolute atomic E-state index is 13.6.